The lowest BCUT2D eigenvalue weighted by atomic mass is 10.0. The molecule has 0 spiro atoms. The Hall–Kier alpha value is -1.49. The fourth-order valence-electron chi connectivity index (χ4n) is 4.11. The molecule has 0 aromatic heterocycles. The van der Waals surface area contributed by atoms with E-state index >= 15 is 0 Å². The van der Waals surface area contributed by atoms with Crippen LogP contribution in [0.5, 0.6) is 0 Å². The Morgan fingerprint density at radius 1 is 0.676 bits per heavy atom. The lowest BCUT2D eigenvalue weighted by molar-refractivity contribution is -0.116. The quantitative estimate of drug-likeness (QED) is 0.150. The normalized spacial score (nSPS) is 11.0. The number of unbranched alkanes of at least 4 members (excludes halogenated alkanes) is 15. The number of hydrogen-bond donors (Lipinski definition) is 2. The van der Waals surface area contributed by atoms with Gasteiger partial charge in [-0.15, -0.1) is 0 Å². The summed E-state index contributed by atoms with van der Waals surface area (Å²) in [6.45, 7) is 2.28. The standard InChI is InChI=1S/C29H49NO3S/c1-2-3-4-5-6-7-8-9-10-11-12-13-14-15-16-17-24-34-25-18-19-28(31)30-27-22-20-26(21-23-27)29(32)33/h20-23H,2-19,24-25H2,1H3,(H,30,31)(H,32,33). The van der Waals surface area contributed by atoms with E-state index < -0.39 is 5.97 Å². The Bertz CT molecular complexity index is 633. The number of nitrogens with one attached hydrogen (secondary N) is 1. The summed E-state index contributed by atoms with van der Waals surface area (Å²) in [4.78, 5) is 22.8. The van der Waals surface area contributed by atoms with Crippen LogP contribution in [0.4, 0.5) is 5.69 Å². The summed E-state index contributed by atoms with van der Waals surface area (Å²) in [5, 5.41) is 11.7. The number of rotatable bonds is 23. The zero-order valence-corrected chi connectivity index (χ0v) is 22.4. The molecule has 0 bridgehead atoms. The molecule has 0 radical (unpaired) electrons. The molecular weight excluding hydrogens is 442 g/mol. The second-order valence-corrected chi connectivity index (χ2v) is 10.7. The number of hydrogen-bond acceptors (Lipinski definition) is 3. The number of amides is 1. The Morgan fingerprint density at radius 3 is 1.59 bits per heavy atom. The van der Waals surface area contributed by atoms with Gasteiger partial charge in [0, 0.05) is 12.1 Å². The molecule has 0 saturated carbocycles. The van der Waals surface area contributed by atoms with Crippen LogP contribution in [-0.2, 0) is 4.79 Å². The van der Waals surface area contributed by atoms with Gasteiger partial charge in [-0.25, -0.2) is 4.79 Å². The van der Waals surface area contributed by atoms with Gasteiger partial charge in [-0.1, -0.05) is 103 Å². The number of thioether (sulfide) groups is 1. The number of carboxylic acid groups (broad SMARTS) is 1. The molecule has 0 atom stereocenters. The average Bonchev–Trinajstić information content (AvgIpc) is 2.83. The molecule has 2 N–H and O–H groups in total. The van der Waals surface area contributed by atoms with Crippen LogP contribution in [0.15, 0.2) is 24.3 Å². The third kappa shape index (κ3) is 17.9. The van der Waals surface area contributed by atoms with E-state index in [1.54, 1.807) is 12.1 Å². The van der Waals surface area contributed by atoms with Gasteiger partial charge >= 0.3 is 5.97 Å². The van der Waals surface area contributed by atoms with Crippen molar-refractivity contribution >= 4 is 29.3 Å². The molecule has 1 rings (SSSR count). The SMILES string of the molecule is CCCCCCCCCCCCCCCCCCSCCCC(=O)Nc1ccc(C(=O)O)cc1. The molecule has 194 valence electrons. The van der Waals surface area contributed by atoms with Crippen LogP contribution in [0.2, 0.25) is 0 Å². The van der Waals surface area contributed by atoms with Crippen LogP contribution in [0, 0.1) is 0 Å². The van der Waals surface area contributed by atoms with Gasteiger partial charge in [-0.3, -0.25) is 4.79 Å². The molecule has 1 aromatic carbocycles. The van der Waals surface area contributed by atoms with Crippen molar-refractivity contribution in [3.05, 3.63) is 29.8 Å². The summed E-state index contributed by atoms with van der Waals surface area (Å²) >= 11 is 1.95. The first-order valence-corrected chi connectivity index (χ1v) is 15.0. The van der Waals surface area contributed by atoms with Gasteiger partial charge in [0.05, 0.1) is 5.56 Å². The van der Waals surface area contributed by atoms with Crippen LogP contribution in [0.3, 0.4) is 0 Å². The maximum absolute atomic E-state index is 12.0. The van der Waals surface area contributed by atoms with Gasteiger partial charge in [0.1, 0.15) is 0 Å². The number of benzene rings is 1. The summed E-state index contributed by atoms with van der Waals surface area (Å²) in [6, 6.07) is 6.28. The smallest absolute Gasteiger partial charge is 0.335 e. The van der Waals surface area contributed by atoms with E-state index in [1.807, 2.05) is 11.8 Å². The predicted octanol–water partition coefficient (Wildman–Crippen LogP) is 9.10. The molecule has 34 heavy (non-hydrogen) atoms. The lowest BCUT2D eigenvalue weighted by Crippen LogP contribution is -2.11. The Morgan fingerprint density at radius 2 is 1.12 bits per heavy atom. The summed E-state index contributed by atoms with van der Waals surface area (Å²) in [7, 11) is 0. The third-order valence-electron chi connectivity index (χ3n) is 6.25. The number of aromatic carboxylic acids is 1. The van der Waals surface area contributed by atoms with Crippen molar-refractivity contribution in [3.8, 4) is 0 Å². The highest BCUT2D eigenvalue weighted by Gasteiger charge is 2.05. The minimum Gasteiger partial charge on any atom is -0.478 e. The molecule has 0 saturated heterocycles. The molecule has 1 amide bonds. The van der Waals surface area contributed by atoms with E-state index in [1.165, 1.54) is 121 Å². The first kappa shape index (κ1) is 30.5. The van der Waals surface area contributed by atoms with E-state index in [9.17, 15) is 9.59 Å². The minimum atomic E-state index is -0.959. The zero-order chi connectivity index (χ0) is 24.7. The van der Waals surface area contributed by atoms with Gasteiger partial charge in [0.25, 0.3) is 0 Å². The molecule has 0 fully saturated rings. The first-order chi connectivity index (χ1) is 16.6. The number of carbonyl (C=O) groups excluding carboxylic acids is 1. The van der Waals surface area contributed by atoms with E-state index in [0.717, 1.165) is 12.2 Å². The monoisotopic (exact) mass is 491 g/mol. The minimum absolute atomic E-state index is 0.00826. The highest BCUT2D eigenvalue weighted by molar-refractivity contribution is 7.99. The molecule has 0 heterocycles. The fourth-order valence-corrected chi connectivity index (χ4v) is 5.07. The zero-order valence-electron chi connectivity index (χ0n) is 21.6. The molecule has 4 nitrogen and oxygen atoms in total. The lowest BCUT2D eigenvalue weighted by Gasteiger charge is -2.06. The average molecular weight is 492 g/mol. The largest absolute Gasteiger partial charge is 0.478 e. The van der Waals surface area contributed by atoms with Gasteiger partial charge < -0.3 is 10.4 Å². The maximum atomic E-state index is 12.0. The molecule has 0 unspecified atom stereocenters. The summed E-state index contributed by atoms with van der Waals surface area (Å²) in [6.07, 6.45) is 23.8. The first-order valence-electron chi connectivity index (χ1n) is 13.8. The van der Waals surface area contributed by atoms with Gasteiger partial charge in [-0.2, -0.15) is 11.8 Å². The number of carbonyl (C=O) groups is 2. The topological polar surface area (TPSA) is 66.4 Å². The molecule has 5 heteroatoms. The van der Waals surface area contributed by atoms with Gasteiger partial charge in [-0.05, 0) is 48.6 Å². The van der Waals surface area contributed by atoms with E-state index in [4.69, 9.17) is 5.11 Å². The van der Waals surface area contributed by atoms with Crippen LogP contribution in [0.25, 0.3) is 0 Å². The van der Waals surface area contributed by atoms with Crippen LogP contribution in [0.1, 0.15) is 133 Å². The van der Waals surface area contributed by atoms with E-state index in [2.05, 4.69) is 12.2 Å². The molecule has 1 aromatic rings. The molecule has 0 aliphatic heterocycles. The second-order valence-electron chi connectivity index (χ2n) is 9.45. The Labute approximate surface area is 213 Å². The van der Waals surface area contributed by atoms with Crippen molar-refractivity contribution in [2.75, 3.05) is 16.8 Å². The summed E-state index contributed by atoms with van der Waals surface area (Å²) < 4.78 is 0. The van der Waals surface area contributed by atoms with Gasteiger partial charge in [0.2, 0.25) is 5.91 Å². The Kier molecular flexibility index (Phi) is 19.8. The predicted molar refractivity (Wildman–Crippen MR) is 148 cm³/mol. The van der Waals surface area contributed by atoms with E-state index in [0.29, 0.717) is 12.1 Å². The van der Waals surface area contributed by atoms with Crippen molar-refractivity contribution in [2.24, 2.45) is 0 Å². The molecule has 0 aliphatic rings. The Balaban J connectivity index is 1.79. The maximum Gasteiger partial charge on any atom is 0.335 e. The second kappa shape index (κ2) is 22.0. The number of carboxylic acids is 1. The van der Waals surface area contributed by atoms with Crippen molar-refractivity contribution in [3.63, 3.8) is 0 Å². The molecular formula is C29H49NO3S. The number of anilines is 1. The van der Waals surface area contributed by atoms with Crippen LogP contribution < -0.4 is 5.32 Å². The van der Waals surface area contributed by atoms with Crippen molar-refractivity contribution in [1.29, 1.82) is 0 Å². The molecule has 0 aliphatic carbocycles. The van der Waals surface area contributed by atoms with Crippen molar-refractivity contribution in [2.45, 2.75) is 122 Å². The van der Waals surface area contributed by atoms with Crippen LogP contribution in [-0.4, -0.2) is 28.5 Å². The van der Waals surface area contributed by atoms with Gasteiger partial charge in [0.15, 0.2) is 0 Å². The summed E-state index contributed by atoms with van der Waals surface area (Å²) in [5.74, 6) is 1.24. The van der Waals surface area contributed by atoms with E-state index in [-0.39, 0.29) is 11.5 Å². The third-order valence-corrected chi connectivity index (χ3v) is 7.41. The highest BCUT2D eigenvalue weighted by Crippen LogP contribution is 2.15. The summed E-state index contributed by atoms with van der Waals surface area (Å²) in [5.41, 5.74) is 0.874. The van der Waals surface area contributed by atoms with Crippen molar-refractivity contribution < 1.29 is 14.7 Å². The highest BCUT2D eigenvalue weighted by atomic mass is 32.2. The fraction of sp³-hybridized carbons (Fsp3) is 0.724. The van der Waals surface area contributed by atoms with Crippen molar-refractivity contribution in [1.82, 2.24) is 0 Å². The van der Waals surface area contributed by atoms with Crippen LogP contribution >= 0.6 is 11.8 Å².